The van der Waals surface area contributed by atoms with E-state index in [-0.39, 0.29) is 0 Å². The normalized spacial score (nSPS) is 19.2. The second-order valence-electron chi connectivity index (χ2n) is 5.59. The van der Waals surface area contributed by atoms with Crippen molar-refractivity contribution in [3.63, 3.8) is 0 Å². The molecule has 0 aromatic carbocycles. The van der Waals surface area contributed by atoms with Crippen LogP contribution in [-0.4, -0.2) is 43.1 Å². The first-order valence-electron chi connectivity index (χ1n) is 6.93. The molecule has 0 aliphatic carbocycles. The Balaban J connectivity index is 2.45. The lowest BCUT2D eigenvalue weighted by molar-refractivity contribution is 0.197. The summed E-state index contributed by atoms with van der Waals surface area (Å²) < 4.78 is 0. The second kappa shape index (κ2) is 7.41. The van der Waals surface area contributed by atoms with Gasteiger partial charge in [-0.3, -0.25) is 9.89 Å². The fourth-order valence-corrected chi connectivity index (χ4v) is 2.31. The number of likely N-dealkylation sites (tertiary alicyclic amines) is 1. The highest BCUT2D eigenvalue weighted by molar-refractivity contribution is 5.78. The minimum absolute atomic E-state index is 0.512. The summed E-state index contributed by atoms with van der Waals surface area (Å²) in [6, 6.07) is 0.512. The zero-order valence-corrected chi connectivity index (χ0v) is 12.1. The van der Waals surface area contributed by atoms with Crippen LogP contribution in [0.3, 0.4) is 0 Å². The highest BCUT2D eigenvalue weighted by Crippen LogP contribution is 2.17. The van der Waals surface area contributed by atoms with Crippen molar-refractivity contribution in [1.29, 1.82) is 0 Å². The van der Waals surface area contributed by atoms with Crippen molar-refractivity contribution in [2.75, 3.05) is 26.2 Å². The maximum absolute atomic E-state index is 5.85. The lowest BCUT2D eigenvalue weighted by Gasteiger charge is -2.29. The lowest BCUT2D eigenvalue weighted by atomic mass is 10.0. The molecule has 4 nitrogen and oxygen atoms in total. The van der Waals surface area contributed by atoms with Crippen LogP contribution >= 0.6 is 0 Å². The van der Waals surface area contributed by atoms with Crippen LogP contribution in [0, 0.1) is 5.92 Å². The van der Waals surface area contributed by atoms with Crippen LogP contribution < -0.4 is 11.1 Å². The first-order valence-corrected chi connectivity index (χ1v) is 6.93. The van der Waals surface area contributed by atoms with Gasteiger partial charge in [0, 0.05) is 12.6 Å². The predicted molar refractivity (Wildman–Crippen MR) is 78.7 cm³/mol. The number of hydrogen-bond donors (Lipinski definition) is 2. The molecule has 3 N–H and O–H groups in total. The highest BCUT2D eigenvalue weighted by atomic mass is 15.2. The number of guanidine groups is 1. The largest absolute Gasteiger partial charge is 0.370 e. The molecule has 1 aliphatic rings. The van der Waals surface area contributed by atoms with E-state index in [4.69, 9.17) is 5.73 Å². The fourth-order valence-electron chi connectivity index (χ4n) is 2.31. The van der Waals surface area contributed by atoms with E-state index in [1.807, 2.05) is 6.92 Å². The van der Waals surface area contributed by atoms with Gasteiger partial charge in [0.25, 0.3) is 0 Å². The van der Waals surface area contributed by atoms with E-state index in [0.29, 0.717) is 24.5 Å². The average molecular weight is 252 g/mol. The monoisotopic (exact) mass is 252 g/mol. The van der Waals surface area contributed by atoms with Crippen LogP contribution in [0.5, 0.6) is 0 Å². The number of hydrogen-bond acceptors (Lipinski definition) is 2. The topological polar surface area (TPSA) is 53.6 Å². The van der Waals surface area contributed by atoms with Gasteiger partial charge in [-0.1, -0.05) is 26.0 Å². The maximum atomic E-state index is 5.85. The van der Waals surface area contributed by atoms with Gasteiger partial charge in [0.1, 0.15) is 0 Å². The van der Waals surface area contributed by atoms with E-state index in [0.717, 1.165) is 12.1 Å². The van der Waals surface area contributed by atoms with E-state index < -0.39 is 0 Å². The van der Waals surface area contributed by atoms with Gasteiger partial charge in [-0.15, -0.1) is 0 Å². The molecular formula is C14H28N4. The first-order chi connectivity index (χ1) is 8.50. The van der Waals surface area contributed by atoms with Crippen molar-refractivity contribution in [2.45, 2.75) is 39.7 Å². The van der Waals surface area contributed by atoms with Crippen LogP contribution in [0.2, 0.25) is 0 Å². The third-order valence-electron chi connectivity index (χ3n) is 3.40. The molecule has 1 fully saturated rings. The molecular weight excluding hydrogens is 224 g/mol. The minimum Gasteiger partial charge on any atom is -0.370 e. The molecule has 104 valence electrons. The van der Waals surface area contributed by atoms with Crippen molar-refractivity contribution < 1.29 is 0 Å². The molecule has 1 atom stereocenters. The summed E-state index contributed by atoms with van der Waals surface area (Å²) in [7, 11) is 0. The summed E-state index contributed by atoms with van der Waals surface area (Å²) in [5.74, 6) is 1.14. The van der Waals surface area contributed by atoms with Crippen LogP contribution in [0.1, 0.15) is 33.6 Å². The zero-order valence-electron chi connectivity index (χ0n) is 12.1. The van der Waals surface area contributed by atoms with E-state index in [1.165, 1.54) is 25.9 Å². The number of rotatable bonds is 6. The first kappa shape index (κ1) is 15.0. The van der Waals surface area contributed by atoms with Crippen LogP contribution in [0.4, 0.5) is 0 Å². The highest BCUT2D eigenvalue weighted by Gasteiger charge is 2.24. The van der Waals surface area contributed by atoms with Crippen molar-refractivity contribution in [3.05, 3.63) is 12.2 Å². The van der Waals surface area contributed by atoms with Crippen LogP contribution in [0.15, 0.2) is 17.1 Å². The number of nitrogens with two attached hydrogens (primary N) is 1. The van der Waals surface area contributed by atoms with Gasteiger partial charge in [0.05, 0.1) is 6.54 Å². The Kier molecular flexibility index (Phi) is 6.19. The Morgan fingerprint density at radius 1 is 1.39 bits per heavy atom. The predicted octanol–water partition coefficient (Wildman–Crippen LogP) is 1.59. The average Bonchev–Trinajstić information content (AvgIpc) is 2.79. The molecule has 1 heterocycles. The summed E-state index contributed by atoms with van der Waals surface area (Å²) in [5, 5.41) is 3.08. The fraction of sp³-hybridized carbons (Fsp3) is 0.786. The van der Waals surface area contributed by atoms with Crippen molar-refractivity contribution in [3.8, 4) is 0 Å². The molecule has 1 aliphatic heterocycles. The molecule has 0 radical (unpaired) electrons. The SMILES string of the molecule is C=C(C)CNC(N)=NCC(C(C)C)N1CCCC1. The quantitative estimate of drug-likeness (QED) is 0.429. The Bertz CT molecular complexity index is 290. The summed E-state index contributed by atoms with van der Waals surface area (Å²) in [4.78, 5) is 7.00. The zero-order chi connectivity index (χ0) is 13.5. The molecule has 0 spiro atoms. The Morgan fingerprint density at radius 3 is 2.50 bits per heavy atom. The molecule has 0 bridgehead atoms. The molecule has 4 heteroatoms. The minimum atomic E-state index is 0.512. The molecule has 0 aromatic rings. The van der Waals surface area contributed by atoms with Gasteiger partial charge in [-0.2, -0.15) is 0 Å². The molecule has 18 heavy (non-hydrogen) atoms. The maximum Gasteiger partial charge on any atom is 0.188 e. The summed E-state index contributed by atoms with van der Waals surface area (Å²) >= 11 is 0. The third kappa shape index (κ3) is 5.08. The summed E-state index contributed by atoms with van der Waals surface area (Å²) in [6.07, 6.45) is 2.63. The third-order valence-corrected chi connectivity index (χ3v) is 3.40. The summed E-state index contributed by atoms with van der Waals surface area (Å²) in [5.41, 5.74) is 6.91. The van der Waals surface area contributed by atoms with E-state index in [1.54, 1.807) is 0 Å². The van der Waals surface area contributed by atoms with Crippen molar-refractivity contribution >= 4 is 5.96 Å². The van der Waals surface area contributed by atoms with Crippen LogP contribution in [0.25, 0.3) is 0 Å². The smallest absolute Gasteiger partial charge is 0.188 e. The number of nitrogens with one attached hydrogen (secondary N) is 1. The number of nitrogens with zero attached hydrogens (tertiary/aromatic N) is 2. The van der Waals surface area contributed by atoms with Crippen LogP contribution in [-0.2, 0) is 0 Å². The van der Waals surface area contributed by atoms with E-state index in [9.17, 15) is 0 Å². The Hall–Kier alpha value is -1.03. The molecule has 1 saturated heterocycles. The van der Waals surface area contributed by atoms with Gasteiger partial charge >= 0.3 is 0 Å². The van der Waals surface area contributed by atoms with Crippen molar-refractivity contribution in [2.24, 2.45) is 16.6 Å². The Labute approximate surface area is 111 Å². The molecule has 0 aromatic heterocycles. The van der Waals surface area contributed by atoms with Gasteiger partial charge in [-0.25, -0.2) is 0 Å². The van der Waals surface area contributed by atoms with Gasteiger partial charge < -0.3 is 11.1 Å². The molecule has 1 unspecified atom stereocenters. The van der Waals surface area contributed by atoms with Crippen molar-refractivity contribution in [1.82, 2.24) is 10.2 Å². The second-order valence-corrected chi connectivity index (χ2v) is 5.59. The van der Waals surface area contributed by atoms with Gasteiger partial charge in [0.2, 0.25) is 0 Å². The lowest BCUT2D eigenvalue weighted by Crippen LogP contribution is -2.41. The molecule has 1 rings (SSSR count). The molecule has 0 saturated carbocycles. The van der Waals surface area contributed by atoms with E-state index >= 15 is 0 Å². The summed E-state index contributed by atoms with van der Waals surface area (Å²) in [6.45, 7) is 14.2. The van der Waals surface area contributed by atoms with E-state index in [2.05, 4.69) is 35.6 Å². The Morgan fingerprint density at radius 2 is 2.00 bits per heavy atom. The molecule has 0 amide bonds. The van der Waals surface area contributed by atoms with Gasteiger partial charge in [-0.05, 0) is 38.8 Å². The van der Waals surface area contributed by atoms with Gasteiger partial charge in [0.15, 0.2) is 5.96 Å². The number of aliphatic imine (C=N–C) groups is 1. The standard InChI is InChI=1S/C14H28N4/c1-11(2)9-16-14(15)17-10-13(12(3)4)18-7-5-6-8-18/h12-13H,1,5-10H2,2-4H3,(H3,15,16,17).